The first-order valence-electron chi connectivity index (χ1n) is 14.3. The van der Waals surface area contributed by atoms with Crippen molar-refractivity contribution in [3.8, 4) is 0 Å². The molecule has 2 N–H and O–H groups in total. The van der Waals surface area contributed by atoms with Crippen molar-refractivity contribution >= 4 is 35.9 Å². The summed E-state index contributed by atoms with van der Waals surface area (Å²) in [6.07, 6.45) is 9.06. The lowest BCUT2D eigenvalue weighted by Crippen LogP contribution is -2.48. The second-order valence-corrected chi connectivity index (χ2v) is 19.2. The summed E-state index contributed by atoms with van der Waals surface area (Å²) in [7, 11) is -4.55. The summed E-state index contributed by atoms with van der Waals surface area (Å²) in [5.74, 6) is 0. The quantitative estimate of drug-likeness (QED) is 0.440. The third-order valence-corrected chi connectivity index (χ3v) is 14.8. The van der Waals surface area contributed by atoms with Crippen LogP contribution >= 0.6 is 0 Å². The SMILES string of the molecule is Cn1cc(N(CC2C[C@H](O[Si](C)(C)C(C)(C)C)CO2)S(=O)(=O)NC(=O)Nc2c3c(cc4c2CCC4)CCC3)cn1. The van der Waals surface area contributed by atoms with Gasteiger partial charge in [0, 0.05) is 25.4 Å². The fourth-order valence-electron chi connectivity index (χ4n) is 5.82. The third kappa shape index (κ3) is 5.95. The van der Waals surface area contributed by atoms with E-state index in [4.69, 9.17) is 9.16 Å². The molecule has 1 fully saturated rings. The van der Waals surface area contributed by atoms with Gasteiger partial charge < -0.3 is 14.5 Å². The van der Waals surface area contributed by atoms with Gasteiger partial charge >= 0.3 is 16.2 Å². The Bertz CT molecular complexity index is 1350. The molecule has 0 bridgehead atoms. The van der Waals surface area contributed by atoms with Gasteiger partial charge in [-0.3, -0.25) is 4.68 Å². The normalized spacial score (nSPS) is 20.9. The van der Waals surface area contributed by atoms with Gasteiger partial charge in [0.25, 0.3) is 0 Å². The number of hydrogen-bond donors (Lipinski definition) is 2. The van der Waals surface area contributed by atoms with E-state index in [2.05, 4.69) is 55.1 Å². The van der Waals surface area contributed by atoms with Crippen LogP contribution in [0.1, 0.15) is 62.3 Å². The molecule has 2 atom stereocenters. The third-order valence-electron chi connectivity index (χ3n) is 8.88. The summed E-state index contributed by atoms with van der Waals surface area (Å²) >= 11 is 0. The highest BCUT2D eigenvalue weighted by atomic mass is 32.2. The van der Waals surface area contributed by atoms with Crippen molar-refractivity contribution < 1.29 is 22.4 Å². The van der Waals surface area contributed by atoms with Crippen molar-refractivity contribution in [1.82, 2.24) is 14.5 Å². The maximum absolute atomic E-state index is 13.7. The fourth-order valence-corrected chi connectivity index (χ4v) is 8.30. The molecule has 2 heterocycles. The number of carbonyl (C=O) groups is 1. The lowest BCUT2D eigenvalue weighted by Gasteiger charge is -2.38. The second-order valence-electron chi connectivity index (χ2n) is 12.9. The molecule has 0 radical (unpaired) electrons. The molecule has 2 aromatic rings. The predicted octanol–water partition coefficient (Wildman–Crippen LogP) is 4.45. The Labute approximate surface area is 239 Å². The van der Waals surface area contributed by atoms with Gasteiger partial charge in [0.2, 0.25) is 0 Å². The van der Waals surface area contributed by atoms with Gasteiger partial charge in [-0.1, -0.05) is 26.8 Å². The number of aromatic nitrogens is 2. The number of carbonyl (C=O) groups excluding carboxylic acids is 1. The topological polar surface area (TPSA) is 115 Å². The molecule has 1 aromatic carbocycles. The van der Waals surface area contributed by atoms with Crippen LogP contribution < -0.4 is 14.3 Å². The van der Waals surface area contributed by atoms with E-state index in [9.17, 15) is 13.2 Å². The summed E-state index contributed by atoms with van der Waals surface area (Å²) in [6, 6.07) is 1.52. The Morgan fingerprint density at radius 3 is 2.40 bits per heavy atom. The average molecular weight is 590 g/mol. The minimum Gasteiger partial charge on any atom is -0.411 e. The number of aryl methyl sites for hydroxylation is 3. The first-order valence-corrected chi connectivity index (χ1v) is 18.6. The van der Waals surface area contributed by atoms with Gasteiger partial charge in [0.1, 0.15) is 0 Å². The van der Waals surface area contributed by atoms with Crippen LogP contribution in [0.3, 0.4) is 0 Å². The van der Waals surface area contributed by atoms with Gasteiger partial charge in [-0.25, -0.2) is 13.8 Å². The maximum atomic E-state index is 13.7. The number of nitrogens with one attached hydrogen (secondary N) is 2. The summed E-state index contributed by atoms with van der Waals surface area (Å²) in [5, 5.41) is 7.15. The van der Waals surface area contributed by atoms with Crippen molar-refractivity contribution in [2.75, 3.05) is 22.8 Å². The molecule has 1 aromatic heterocycles. The number of ether oxygens (including phenoxy) is 1. The van der Waals surface area contributed by atoms with Crippen molar-refractivity contribution in [3.63, 3.8) is 0 Å². The largest absolute Gasteiger partial charge is 0.411 e. The van der Waals surface area contributed by atoms with E-state index < -0.39 is 24.6 Å². The van der Waals surface area contributed by atoms with E-state index in [1.54, 1.807) is 13.2 Å². The summed E-state index contributed by atoms with van der Waals surface area (Å²) < 4.78 is 44.9. The highest BCUT2D eigenvalue weighted by Crippen LogP contribution is 2.40. The number of hydrogen-bond acceptors (Lipinski definition) is 6. The molecular formula is C28H43N5O5SSi. The molecular weight excluding hydrogens is 546 g/mol. The van der Waals surface area contributed by atoms with Crippen LogP contribution in [0.25, 0.3) is 0 Å². The molecule has 1 unspecified atom stereocenters. The minimum absolute atomic E-state index is 0.0435. The number of fused-ring (bicyclic) bond motifs is 2. The van der Waals surface area contributed by atoms with Crippen LogP contribution in [0, 0.1) is 0 Å². The van der Waals surface area contributed by atoms with Crippen LogP contribution in [-0.4, -0.2) is 57.9 Å². The molecule has 0 spiro atoms. The van der Waals surface area contributed by atoms with Crippen LogP contribution in [0.15, 0.2) is 18.5 Å². The maximum Gasteiger partial charge on any atom is 0.334 e. The molecule has 10 nitrogen and oxygen atoms in total. The van der Waals surface area contributed by atoms with Crippen molar-refractivity contribution in [1.29, 1.82) is 0 Å². The molecule has 0 saturated carbocycles. The standard InChI is InChI=1S/C28H43N5O5SSi/c1-28(2,3)40(5,6)38-23-14-22(37-18-23)17-33(21-15-29-32(4)16-21)39(35,36)31-27(34)30-26-24-11-7-9-19(24)13-20-10-8-12-25(20)26/h13,15-16,22-23H,7-12,14,17-18H2,1-6H3,(H2,30,31,34)/t22?,23-/m0/s1. The Hall–Kier alpha value is -2.41. The van der Waals surface area contributed by atoms with Crippen molar-refractivity contribution in [2.24, 2.45) is 7.05 Å². The molecule has 1 saturated heterocycles. The molecule has 3 aliphatic rings. The van der Waals surface area contributed by atoms with Gasteiger partial charge in [0.05, 0.1) is 37.2 Å². The number of nitrogens with zero attached hydrogens (tertiary/aromatic N) is 3. The highest BCUT2D eigenvalue weighted by Gasteiger charge is 2.42. The molecule has 220 valence electrons. The molecule has 5 rings (SSSR count). The number of benzene rings is 1. The van der Waals surface area contributed by atoms with Crippen LogP contribution in [0.2, 0.25) is 18.1 Å². The van der Waals surface area contributed by atoms with Gasteiger partial charge in [0.15, 0.2) is 8.32 Å². The first kappa shape index (κ1) is 29.1. The van der Waals surface area contributed by atoms with E-state index in [1.807, 2.05) is 0 Å². The summed E-state index contributed by atoms with van der Waals surface area (Å²) in [4.78, 5) is 13.2. The van der Waals surface area contributed by atoms with Crippen LogP contribution in [0.5, 0.6) is 0 Å². The van der Waals surface area contributed by atoms with Gasteiger partial charge in [-0.05, 0) is 78.9 Å². The van der Waals surface area contributed by atoms with Crippen LogP contribution in [0.4, 0.5) is 16.2 Å². The molecule has 1 aliphatic heterocycles. The lowest BCUT2D eigenvalue weighted by molar-refractivity contribution is 0.0956. The van der Waals surface area contributed by atoms with Gasteiger partial charge in [-0.15, -0.1) is 0 Å². The Balaban J connectivity index is 1.31. The van der Waals surface area contributed by atoms with E-state index >= 15 is 0 Å². The number of anilines is 2. The highest BCUT2D eigenvalue weighted by molar-refractivity contribution is 7.91. The smallest absolute Gasteiger partial charge is 0.334 e. The first-order chi connectivity index (χ1) is 18.7. The Kier molecular flexibility index (Phi) is 7.83. The second kappa shape index (κ2) is 10.8. The minimum atomic E-state index is -4.27. The lowest BCUT2D eigenvalue weighted by atomic mass is 9.99. The molecule has 2 aliphatic carbocycles. The van der Waals surface area contributed by atoms with E-state index in [-0.39, 0.29) is 23.8 Å². The molecule has 12 heteroatoms. The van der Waals surface area contributed by atoms with E-state index in [0.29, 0.717) is 18.7 Å². The van der Waals surface area contributed by atoms with Gasteiger partial charge in [-0.2, -0.15) is 13.5 Å². The fraction of sp³-hybridized carbons (Fsp3) is 0.643. The summed E-state index contributed by atoms with van der Waals surface area (Å²) in [6.45, 7) is 11.4. The van der Waals surface area contributed by atoms with E-state index in [0.717, 1.165) is 55.3 Å². The Morgan fingerprint density at radius 2 is 1.82 bits per heavy atom. The molecule has 40 heavy (non-hydrogen) atoms. The Morgan fingerprint density at radius 1 is 1.18 bits per heavy atom. The number of rotatable bonds is 8. The van der Waals surface area contributed by atoms with Crippen molar-refractivity contribution in [3.05, 3.63) is 40.7 Å². The molecule has 2 amide bonds. The zero-order chi connectivity index (χ0) is 28.9. The monoisotopic (exact) mass is 589 g/mol. The van der Waals surface area contributed by atoms with Crippen molar-refractivity contribution in [2.45, 2.75) is 96.1 Å². The summed E-state index contributed by atoms with van der Waals surface area (Å²) in [5.41, 5.74) is 5.98. The number of urea groups is 1. The van der Waals surface area contributed by atoms with Crippen LogP contribution in [-0.2, 0) is 52.1 Å². The average Bonchev–Trinajstić information content (AvgIpc) is 3.63. The zero-order valence-corrected chi connectivity index (χ0v) is 26.4. The zero-order valence-electron chi connectivity index (χ0n) is 24.5. The predicted molar refractivity (Wildman–Crippen MR) is 159 cm³/mol. The number of amides is 2. The van der Waals surface area contributed by atoms with E-state index in [1.165, 1.54) is 26.3 Å².